The van der Waals surface area contributed by atoms with E-state index in [0.29, 0.717) is 11.3 Å². The van der Waals surface area contributed by atoms with Crippen molar-refractivity contribution in [3.8, 4) is 11.8 Å². The summed E-state index contributed by atoms with van der Waals surface area (Å²) in [7, 11) is 1.59. The third-order valence-corrected chi connectivity index (χ3v) is 2.68. The van der Waals surface area contributed by atoms with E-state index < -0.39 is 0 Å². The quantitative estimate of drug-likeness (QED) is 0.794. The summed E-state index contributed by atoms with van der Waals surface area (Å²) in [6.45, 7) is 0. The van der Waals surface area contributed by atoms with Crippen LogP contribution in [-0.2, 0) is 0 Å². The van der Waals surface area contributed by atoms with Crippen LogP contribution < -0.4 is 4.74 Å². The number of rotatable bonds is 1. The van der Waals surface area contributed by atoms with Crippen molar-refractivity contribution in [3.63, 3.8) is 0 Å². The van der Waals surface area contributed by atoms with Gasteiger partial charge in [0.05, 0.1) is 30.5 Å². The lowest BCUT2D eigenvalue weighted by Gasteiger charge is -2.03. The van der Waals surface area contributed by atoms with Crippen LogP contribution in [-0.4, -0.2) is 12.1 Å². The van der Waals surface area contributed by atoms with Crippen molar-refractivity contribution in [2.24, 2.45) is 0 Å². The maximum Gasteiger partial charge on any atom is 0.137 e. The topological polar surface area (TPSA) is 45.9 Å². The van der Waals surface area contributed by atoms with Crippen molar-refractivity contribution < 1.29 is 4.74 Å². The van der Waals surface area contributed by atoms with Gasteiger partial charge in [-0.1, -0.05) is 0 Å². The van der Waals surface area contributed by atoms with Gasteiger partial charge >= 0.3 is 0 Å². The number of hydrogen-bond acceptors (Lipinski definition) is 3. The Bertz CT molecular complexity index is 560. The van der Waals surface area contributed by atoms with Crippen LogP contribution in [0, 0.1) is 11.3 Å². The molecule has 0 aliphatic rings. The number of fused-ring (bicyclic) bond motifs is 1. The van der Waals surface area contributed by atoms with Crippen LogP contribution in [0.15, 0.2) is 28.9 Å². The van der Waals surface area contributed by atoms with Crippen LogP contribution in [0.5, 0.6) is 5.75 Å². The third-order valence-electron chi connectivity index (χ3n) is 2.08. The molecule has 0 aliphatic heterocycles. The molecule has 0 atom stereocenters. The lowest BCUT2D eigenvalue weighted by molar-refractivity contribution is 0.414. The van der Waals surface area contributed by atoms with Gasteiger partial charge in [0.2, 0.25) is 0 Å². The summed E-state index contributed by atoms with van der Waals surface area (Å²) in [5, 5.41) is 9.71. The molecule has 0 N–H and O–H groups in total. The predicted octanol–water partition coefficient (Wildman–Crippen LogP) is 2.88. The van der Waals surface area contributed by atoms with Gasteiger partial charge in [0, 0.05) is 9.86 Å². The minimum atomic E-state index is 0.601. The highest BCUT2D eigenvalue weighted by atomic mass is 79.9. The van der Waals surface area contributed by atoms with E-state index in [1.54, 1.807) is 25.4 Å². The molecule has 1 aromatic heterocycles. The van der Waals surface area contributed by atoms with Crippen LogP contribution in [0.3, 0.4) is 0 Å². The van der Waals surface area contributed by atoms with Gasteiger partial charge in [-0.3, -0.25) is 4.98 Å². The van der Waals surface area contributed by atoms with E-state index in [9.17, 15) is 0 Å². The molecular weight excluding hydrogens is 256 g/mol. The molecule has 0 saturated carbocycles. The molecule has 1 heterocycles. The highest BCUT2D eigenvalue weighted by Crippen LogP contribution is 2.26. The Morgan fingerprint density at radius 1 is 1.40 bits per heavy atom. The summed E-state index contributed by atoms with van der Waals surface area (Å²) in [6, 6.07) is 7.49. The molecule has 0 spiro atoms. The summed E-state index contributed by atoms with van der Waals surface area (Å²) in [6.07, 6.45) is 1.65. The van der Waals surface area contributed by atoms with E-state index in [1.165, 1.54) is 0 Å². The van der Waals surface area contributed by atoms with Gasteiger partial charge in [0.15, 0.2) is 0 Å². The molecule has 0 saturated heterocycles. The molecule has 1 aromatic carbocycles. The number of methoxy groups -OCH3 is 1. The molecule has 74 valence electrons. The smallest absolute Gasteiger partial charge is 0.137 e. The van der Waals surface area contributed by atoms with E-state index in [0.717, 1.165) is 15.4 Å². The molecule has 0 radical (unpaired) electrons. The molecule has 4 heteroatoms. The highest BCUT2D eigenvalue weighted by Gasteiger charge is 2.04. The number of halogens is 1. The van der Waals surface area contributed by atoms with Crippen molar-refractivity contribution in [2.45, 2.75) is 0 Å². The standard InChI is InChI=1S/C11H7BrN2O/c1-15-9-4-8-2-7(5-13)3-10(12)11(8)14-6-9/h2-4,6H,1H3. The zero-order valence-electron chi connectivity index (χ0n) is 7.99. The third kappa shape index (κ3) is 1.79. The Labute approximate surface area is 95.4 Å². The molecular formula is C11H7BrN2O. The molecule has 0 bridgehead atoms. The van der Waals surface area contributed by atoms with E-state index in [4.69, 9.17) is 10.00 Å². The van der Waals surface area contributed by atoms with Gasteiger partial charge in [-0.25, -0.2) is 0 Å². The molecule has 0 aliphatic carbocycles. The Morgan fingerprint density at radius 2 is 2.20 bits per heavy atom. The minimum absolute atomic E-state index is 0.601. The first kappa shape index (κ1) is 9.94. The largest absolute Gasteiger partial charge is 0.495 e. The monoisotopic (exact) mass is 262 g/mol. The van der Waals surface area contributed by atoms with E-state index in [2.05, 4.69) is 27.0 Å². The fraction of sp³-hybridized carbons (Fsp3) is 0.0909. The van der Waals surface area contributed by atoms with E-state index in [1.807, 2.05) is 6.07 Å². The SMILES string of the molecule is COc1cnc2c(Br)cc(C#N)cc2c1. The number of benzene rings is 1. The molecule has 2 rings (SSSR count). The van der Waals surface area contributed by atoms with Crippen LogP contribution in [0.25, 0.3) is 10.9 Å². The summed E-state index contributed by atoms with van der Waals surface area (Å²) in [5.41, 5.74) is 1.43. The van der Waals surface area contributed by atoms with Gasteiger partial charge in [0.1, 0.15) is 5.75 Å². The maximum atomic E-state index is 8.83. The zero-order chi connectivity index (χ0) is 10.8. The van der Waals surface area contributed by atoms with Crippen molar-refractivity contribution in [1.82, 2.24) is 4.98 Å². The van der Waals surface area contributed by atoms with Gasteiger partial charge in [-0.2, -0.15) is 5.26 Å². The summed E-state index contributed by atoms with van der Waals surface area (Å²) in [4.78, 5) is 4.25. The van der Waals surface area contributed by atoms with Crippen LogP contribution >= 0.6 is 15.9 Å². The van der Waals surface area contributed by atoms with Crippen molar-refractivity contribution >= 4 is 26.8 Å². The van der Waals surface area contributed by atoms with Gasteiger partial charge < -0.3 is 4.74 Å². The van der Waals surface area contributed by atoms with E-state index >= 15 is 0 Å². The molecule has 2 aromatic rings. The molecule has 3 nitrogen and oxygen atoms in total. The fourth-order valence-corrected chi connectivity index (χ4v) is 1.94. The average molecular weight is 263 g/mol. The number of hydrogen-bond donors (Lipinski definition) is 0. The highest BCUT2D eigenvalue weighted by molar-refractivity contribution is 9.10. The summed E-state index contributed by atoms with van der Waals surface area (Å²) < 4.78 is 5.89. The molecule has 0 unspecified atom stereocenters. The summed E-state index contributed by atoms with van der Waals surface area (Å²) in [5.74, 6) is 0.685. The Morgan fingerprint density at radius 3 is 2.87 bits per heavy atom. The van der Waals surface area contributed by atoms with Crippen LogP contribution in [0.1, 0.15) is 5.56 Å². The van der Waals surface area contributed by atoms with Crippen molar-refractivity contribution in [2.75, 3.05) is 7.11 Å². The molecule has 0 fully saturated rings. The fourth-order valence-electron chi connectivity index (χ4n) is 1.36. The minimum Gasteiger partial charge on any atom is -0.495 e. The predicted molar refractivity (Wildman–Crippen MR) is 60.7 cm³/mol. The zero-order valence-corrected chi connectivity index (χ0v) is 9.58. The number of pyridine rings is 1. The molecule has 0 amide bonds. The van der Waals surface area contributed by atoms with Crippen LogP contribution in [0.2, 0.25) is 0 Å². The number of ether oxygens (including phenoxy) is 1. The Kier molecular flexibility index (Phi) is 2.57. The number of aromatic nitrogens is 1. The second-order valence-electron chi connectivity index (χ2n) is 3.02. The first-order valence-electron chi connectivity index (χ1n) is 4.28. The Hall–Kier alpha value is -1.60. The Balaban J connectivity index is 2.76. The second-order valence-corrected chi connectivity index (χ2v) is 3.87. The van der Waals surface area contributed by atoms with Gasteiger partial charge in [-0.05, 0) is 34.1 Å². The first-order chi connectivity index (χ1) is 7.24. The lowest BCUT2D eigenvalue weighted by Crippen LogP contribution is -1.87. The normalized spacial score (nSPS) is 9.93. The van der Waals surface area contributed by atoms with E-state index in [-0.39, 0.29) is 0 Å². The number of nitriles is 1. The van der Waals surface area contributed by atoms with Gasteiger partial charge in [-0.15, -0.1) is 0 Å². The van der Waals surface area contributed by atoms with Crippen LogP contribution in [0.4, 0.5) is 0 Å². The van der Waals surface area contributed by atoms with Gasteiger partial charge in [0.25, 0.3) is 0 Å². The molecule has 15 heavy (non-hydrogen) atoms. The number of nitrogens with zero attached hydrogens (tertiary/aromatic N) is 2. The second kappa shape index (κ2) is 3.87. The first-order valence-corrected chi connectivity index (χ1v) is 5.07. The average Bonchev–Trinajstić information content (AvgIpc) is 2.28. The van der Waals surface area contributed by atoms with Crippen molar-refractivity contribution in [3.05, 3.63) is 34.4 Å². The summed E-state index contributed by atoms with van der Waals surface area (Å²) >= 11 is 3.38. The van der Waals surface area contributed by atoms with Crippen molar-refractivity contribution in [1.29, 1.82) is 5.26 Å². The maximum absolute atomic E-state index is 8.83. The lowest BCUT2D eigenvalue weighted by atomic mass is 10.1.